The minimum Gasteiger partial charge on any atom is -0.316 e. The van der Waals surface area contributed by atoms with Crippen molar-refractivity contribution in [2.24, 2.45) is 11.8 Å². The fourth-order valence-corrected chi connectivity index (χ4v) is 3.18. The van der Waals surface area contributed by atoms with E-state index in [0.717, 1.165) is 17.9 Å². The van der Waals surface area contributed by atoms with E-state index in [-0.39, 0.29) is 0 Å². The summed E-state index contributed by atoms with van der Waals surface area (Å²) in [5, 5.41) is 3.55. The Morgan fingerprint density at radius 3 is 2.65 bits per heavy atom. The van der Waals surface area contributed by atoms with E-state index in [4.69, 9.17) is 0 Å². The second kappa shape index (κ2) is 6.75. The van der Waals surface area contributed by atoms with E-state index in [0.29, 0.717) is 0 Å². The highest BCUT2D eigenvalue weighted by Crippen LogP contribution is 2.34. The Hall–Kier alpha value is -0.0800. The fraction of sp³-hybridized carbons (Fsp3) is 1.00. The van der Waals surface area contributed by atoms with Crippen LogP contribution in [-0.4, -0.2) is 37.1 Å². The van der Waals surface area contributed by atoms with E-state index in [9.17, 15) is 0 Å². The van der Waals surface area contributed by atoms with Gasteiger partial charge in [0.05, 0.1) is 0 Å². The van der Waals surface area contributed by atoms with Crippen molar-refractivity contribution in [3.8, 4) is 0 Å². The van der Waals surface area contributed by atoms with Crippen molar-refractivity contribution >= 4 is 0 Å². The minimum absolute atomic E-state index is 0.810. The maximum Gasteiger partial charge on any atom is 0.00696 e. The first-order chi connectivity index (χ1) is 8.29. The van der Waals surface area contributed by atoms with Gasteiger partial charge in [0.15, 0.2) is 0 Å². The van der Waals surface area contributed by atoms with Crippen LogP contribution in [-0.2, 0) is 0 Å². The molecule has 1 saturated heterocycles. The summed E-state index contributed by atoms with van der Waals surface area (Å²) < 4.78 is 0. The zero-order valence-corrected chi connectivity index (χ0v) is 11.8. The monoisotopic (exact) mass is 238 g/mol. The van der Waals surface area contributed by atoms with Gasteiger partial charge in [0.2, 0.25) is 0 Å². The van der Waals surface area contributed by atoms with E-state index >= 15 is 0 Å². The van der Waals surface area contributed by atoms with Crippen molar-refractivity contribution in [2.75, 3.05) is 26.2 Å². The highest BCUT2D eigenvalue weighted by atomic mass is 15.2. The molecule has 0 bridgehead atoms. The third-order valence-corrected chi connectivity index (χ3v) is 4.40. The van der Waals surface area contributed by atoms with Gasteiger partial charge in [-0.3, -0.25) is 0 Å². The van der Waals surface area contributed by atoms with Crippen molar-refractivity contribution in [1.82, 2.24) is 10.2 Å². The number of rotatable bonds is 7. The predicted molar refractivity (Wildman–Crippen MR) is 74.3 cm³/mol. The van der Waals surface area contributed by atoms with Crippen molar-refractivity contribution in [2.45, 2.75) is 58.4 Å². The molecule has 0 radical (unpaired) electrons. The lowest BCUT2D eigenvalue weighted by Gasteiger charge is -2.34. The lowest BCUT2D eigenvalue weighted by molar-refractivity contribution is 0.152. The van der Waals surface area contributed by atoms with Crippen LogP contribution in [0.5, 0.6) is 0 Å². The summed E-state index contributed by atoms with van der Waals surface area (Å²) in [7, 11) is 0. The molecule has 2 heteroatoms. The van der Waals surface area contributed by atoms with Gasteiger partial charge in [0.1, 0.15) is 0 Å². The summed E-state index contributed by atoms with van der Waals surface area (Å²) in [6.07, 6.45) is 8.55. The van der Waals surface area contributed by atoms with Crippen LogP contribution in [0.15, 0.2) is 0 Å². The first-order valence-electron chi connectivity index (χ1n) is 7.74. The Morgan fingerprint density at radius 2 is 2.06 bits per heavy atom. The van der Waals surface area contributed by atoms with Crippen LogP contribution in [0.2, 0.25) is 0 Å². The van der Waals surface area contributed by atoms with Gasteiger partial charge in [-0.1, -0.05) is 19.8 Å². The molecule has 17 heavy (non-hydrogen) atoms. The Morgan fingerprint density at radius 1 is 1.24 bits per heavy atom. The van der Waals surface area contributed by atoms with E-state index < -0.39 is 0 Å². The van der Waals surface area contributed by atoms with Crippen LogP contribution in [0.25, 0.3) is 0 Å². The molecule has 0 aromatic heterocycles. The smallest absolute Gasteiger partial charge is 0.00696 e. The summed E-state index contributed by atoms with van der Waals surface area (Å²) in [5.74, 6) is 1.96. The van der Waals surface area contributed by atoms with Crippen LogP contribution in [0, 0.1) is 11.8 Å². The van der Waals surface area contributed by atoms with Gasteiger partial charge in [-0.2, -0.15) is 0 Å². The molecule has 1 aliphatic carbocycles. The molecule has 2 unspecified atom stereocenters. The molecule has 1 aliphatic heterocycles. The van der Waals surface area contributed by atoms with E-state index in [1.54, 1.807) is 0 Å². The molecule has 1 N–H and O–H groups in total. The Bertz CT molecular complexity index is 207. The first-order valence-corrected chi connectivity index (χ1v) is 7.74. The summed E-state index contributed by atoms with van der Waals surface area (Å²) in [5.41, 5.74) is 0. The maximum atomic E-state index is 3.55. The minimum atomic E-state index is 0.810. The molecule has 0 aromatic rings. The third kappa shape index (κ3) is 4.59. The van der Waals surface area contributed by atoms with Crippen molar-refractivity contribution < 1.29 is 0 Å². The summed E-state index contributed by atoms with van der Waals surface area (Å²) in [6, 6.07) is 0.810. The van der Waals surface area contributed by atoms with Crippen LogP contribution in [0.4, 0.5) is 0 Å². The molecule has 0 aromatic carbocycles. The summed E-state index contributed by atoms with van der Waals surface area (Å²) in [4.78, 5) is 2.76. The summed E-state index contributed by atoms with van der Waals surface area (Å²) in [6.45, 7) is 9.87. The first kappa shape index (κ1) is 13.4. The molecule has 2 fully saturated rings. The second-order valence-electron chi connectivity index (χ2n) is 6.24. The molecular formula is C15H30N2. The van der Waals surface area contributed by atoms with E-state index in [2.05, 4.69) is 24.1 Å². The van der Waals surface area contributed by atoms with Crippen molar-refractivity contribution in [1.29, 1.82) is 0 Å². The quantitative estimate of drug-likeness (QED) is 0.733. The predicted octanol–water partition coefficient (Wildman–Crippen LogP) is 2.89. The van der Waals surface area contributed by atoms with E-state index in [1.807, 2.05) is 0 Å². The zero-order chi connectivity index (χ0) is 12.1. The van der Waals surface area contributed by atoms with Crippen LogP contribution in [0.3, 0.4) is 0 Å². The second-order valence-corrected chi connectivity index (χ2v) is 6.24. The number of hydrogen-bond acceptors (Lipinski definition) is 2. The lowest BCUT2D eigenvalue weighted by atomic mass is 9.97. The average Bonchev–Trinajstić information content (AvgIpc) is 3.14. The van der Waals surface area contributed by atoms with Crippen LogP contribution in [0.1, 0.15) is 52.4 Å². The molecule has 0 spiro atoms. The standard InChI is InChI=1S/C15H30N2/c1-3-9-17(13(2)10-14-6-7-14)12-15-5-4-8-16-11-15/h13-16H,3-12H2,1-2H3. The molecule has 2 nitrogen and oxygen atoms in total. The largest absolute Gasteiger partial charge is 0.316 e. The van der Waals surface area contributed by atoms with Gasteiger partial charge in [-0.15, -0.1) is 0 Å². The fourth-order valence-electron chi connectivity index (χ4n) is 3.18. The van der Waals surface area contributed by atoms with E-state index in [1.165, 1.54) is 64.7 Å². The number of nitrogens with zero attached hydrogens (tertiary/aromatic N) is 1. The van der Waals surface area contributed by atoms with Gasteiger partial charge >= 0.3 is 0 Å². The Balaban J connectivity index is 1.76. The molecular weight excluding hydrogens is 208 g/mol. The topological polar surface area (TPSA) is 15.3 Å². The van der Waals surface area contributed by atoms with Crippen LogP contribution >= 0.6 is 0 Å². The molecule has 2 atom stereocenters. The SMILES string of the molecule is CCCN(CC1CCCNC1)C(C)CC1CC1. The molecule has 1 heterocycles. The van der Waals surface area contributed by atoms with Crippen molar-refractivity contribution in [3.05, 3.63) is 0 Å². The lowest BCUT2D eigenvalue weighted by Crippen LogP contribution is -2.42. The van der Waals surface area contributed by atoms with Gasteiger partial charge < -0.3 is 10.2 Å². The van der Waals surface area contributed by atoms with Gasteiger partial charge in [-0.25, -0.2) is 0 Å². The molecule has 1 saturated carbocycles. The molecule has 2 aliphatic rings. The summed E-state index contributed by atoms with van der Waals surface area (Å²) >= 11 is 0. The molecule has 2 rings (SSSR count). The number of piperidine rings is 1. The Labute approximate surface area is 107 Å². The van der Waals surface area contributed by atoms with Crippen LogP contribution < -0.4 is 5.32 Å². The van der Waals surface area contributed by atoms with Gasteiger partial charge in [-0.05, 0) is 64.1 Å². The van der Waals surface area contributed by atoms with Gasteiger partial charge in [0.25, 0.3) is 0 Å². The average molecular weight is 238 g/mol. The molecule has 0 amide bonds. The number of hydrogen-bond donors (Lipinski definition) is 1. The highest BCUT2D eigenvalue weighted by molar-refractivity contribution is 4.81. The number of nitrogens with one attached hydrogen (secondary N) is 1. The molecule has 100 valence electrons. The highest BCUT2D eigenvalue weighted by Gasteiger charge is 2.27. The third-order valence-electron chi connectivity index (χ3n) is 4.40. The Kier molecular flexibility index (Phi) is 5.30. The van der Waals surface area contributed by atoms with Gasteiger partial charge in [0, 0.05) is 12.6 Å². The maximum absolute atomic E-state index is 3.55. The zero-order valence-electron chi connectivity index (χ0n) is 11.8. The van der Waals surface area contributed by atoms with Crippen molar-refractivity contribution in [3.63, 3.8) is 0 Å². The normalized spacial score (nSPS) is 27.4.